The standard InChI is InChI=1S/C15H12FN3O3S/c1-8-13(14(17)21)19-12(20)6-10(18-15(19)23-8)7-22-11-4-2-9(16)3-5-11/h2-6H,7H2,1H3,(H2,17,21). The van der Waals surface area contributed by atoms with Crippen LogP contribution in [0.5, 0.6) is 5.75 Å². The molecule has 0 aliphatic rings. The molecule has 0 aliphatic heterocycles. The summed E-state index contributed by atoms with van der Waals surface area (Å²) in [4.78, 5) is 29.0. The number of primary amides is 1. The summed E-state index contributed by atoms with van der Waals surface area (Å²) >= 11 is 1.20. The molecule has 0 fully saturated rings. The molecule has 2 aromatic heterocycles. The molecule has 23 heavy (non-hydrogen) atoms. The topological polar surface area (TPSA) is 86.7 Å². The van der Waals surface area contributed by atoms with Crippen LogP contribution in [-0.2, 0) is 6.61 Å². The largest absolute Gasteiger partial charge is 0.487 e. The quantitative estimate of drug-likeness (QED) is 0.790. The molecule has 0 saturated carbocycles. The smallest absolute Gasteiger partial charge is 0.266 e. The Balaban J connectivity index is 1.92. The van der Waals surface area contributed by atoms with E-state index < -0.39 is 11.5 Å². The third-order valence-corrected chi connectivity index (χ3v) is 4.13. The van der Waals surface area contributed by atoms with Crippen LogP contribution in [0.4, 0.5) is 4.39 Å². The van der Waals surface area contributed by atoms with Crippen LogP contribution in [0.25, 0.3) is 4.96 Å². The summed E-state index contributed by atoms with van der Waals surface area (Å²) in [6.45, 7) is 1.76. The first-order valence-corrected chi connectivity index (χ1v) is 7.47. The Labute approximate surface area is 134 Å². The molecular formula is C15H12FN3O3S. The second-order valence-electron chi connectivity index (χ2n) is 4.82. The molecule has 1 amide bonds. The van der Waals surface area contributed by atoms with Crippen LogP contribution in [-0.4, -0.2) is 15.3 Å². The number of benzene rings is 1. The number of aryl methyl sites for hydroxylation is 1. The number of thiazole rings is 1. The molecule has 3 rings (SSSR count). The van der Waals surface area contributed by atoms with Gasteiger partial charge in [0.2, 0.25) is 0 Å². The Hall–Kier alpha value is -2.74. The Morgan fingerprint density at radius 3 is 2.74 bits per heavy atom. The van der Waals surface area contributed by atoms with Crippen molar-refractivity contribution in [1.29, 1.82) is 0 Å². The van der Waals surface area contributed by atoms with Crippen molar-refractivity contribution >= 4 is 22.2 Å². The highest BCUT2D eigenvalue weighted by Crippen LogP contribution is 2.20. The highest BCUT2D eigenvalue weighted by Gasteiger charge is 2.17. The number of hydrogen-bond acceptors (Lipinski definition) is 5. The zero-order valence-electron chi connectivity index (χ0n) is 12.1. The van der Waals surface area contributed by atoms with Crippen LogP contribution < -0.4 is 16.0 Å². The number of nitrogens with zero attached hydrogens (tertiary/aromatic N) is 2. The molecular weight excluding hydrogens is 321 g/mol. The minimum Gasteiger partial charge on any atom is -0.487 e. The normalized spacial score (nSPS) is 10.9. The highest BCUT2D eigenvalue weighted by molar-refractivity contribution is 7.17. The molecule has 0 atom stereocenters. The molecule has 2 N–H and O–H groups in total. The van der Waals surface area contributed by atoms with Crippen molar-refractivity contribution in [2.75, 3.05) is 0 Å². The van der Waals surface area contributed by atoms with Crippen LogP contribution >= 0.6 is 11.3 Å². The summed E-state index contributed by atoms with van der Waals surface area (Å²) in [6.07, 6.45) is 0. The molecule has 0 unspecified atom stereocenters. The first-order chi connectivity index (χ1) is 11.0. The number of ether oxygens (including phenoxy) is 1. The van der Waals surface area contributed by atoms with Crippen molar-refractivity contribution < 1.29 is 13.9 Å². The van der Waals surface area contributed by atoms with Gasteiger partial charge in [-0.15, -0.1) is 11.3 Å². The highest BCUT2D eigenvalue weighted by atomic mass is 32.1. The molecule has 0 spiro atoms. The minimum absolute atomic E-state index is 0.0558. The van der Waals surface area contributed by atoms with Crippen molar-refractivity contribution in [3.8, 4) is 5.75 Å². The van der Waals surface area contributed by atoms with E-state index in [-0.39, 0.29) is 18.1 Å². The van der Waals surface area contributed by atoms with E-state index in [0.29, 0.717) is 21.3 Å². The number of amides is 1. The lowest BCUT2D eigenvalue weighted by atomic mass is 10.3. The van der Waals surface area contributed by atoms with Crippen molar-refractivity contribution in [1.82, 2.24) is 9.38 Å². The monoisotopic (exact) mass is 333 g/mol. The SMILES string of the molecule is Cc1sc2nc(COc3ccc(F)cc3)cc(=O)n2c1C(N)=O. The summed E-state index contributed by atoms with van der Waals surface area (Å²) in [5.74, 6) is -0.565. The zero-order valence-corrected chi connectivity index (χ0v) is 12.9. The van der Waals surface area contributed by atoms with Gasteiger partial charge in [0.1, 0.15) is 23.9 Å². The Morgan fingerprint density at radius 2 is 2.09 bits per heavy atom. The Bertz CT molecular complexity index is 947. The van der Waals surface area contributed by atoms with E-state index in [1.165, 1.54) is 46.1 Å². The first-order valence-electron chi connectivity index (χ1n) is 6.66. The van der Waals surface area contributed by atoms with E-state index in [9.17, 15) is 14.0 Å². The second kappa shape index (κ2) is 5.81. The van der Waals surface area contributed by atoms with E-state index >= 15 is 0 Å². The number of hydrogen-bond donors (Lipinski definition) is 1. The average Bonchev–Trinajstić information content (AvgIpc) is 2.83. The van der Waals surface area contributed by atoms with E-state index in [2.05, 4.69) is 4.98 Å². The third kappa shape index (κ3) is 2.93. The van der Waals surface area contributed by atoms with Crippen LogP contribution in [0.3, 0.4) is 0 Å². The van der Waals surface area contributed by atoms with E-state index in [1.807, 2.05) is 0 Å². The van der Waals surface area contributed by atoms with Crippen LogP contribution in [0, 0.1) is 12.7 Å². The molecule has 3 aromatic rings. The number of halogens is 1. The molecule has 0 saturated heterocycles. The van der Waals surface area contributed by atoms with Crippen LogP contribution in [0.2, 0.25) is 0 Å². The van der Waals surface area contributed by atoms with Gasteiger partial charge in [0, 0.05) is 10.9 Å². The van der Waals surface area contributed by atoms with Gasteiger partial charge in [-0.1, -0.05) is 0 Å². The lowest BCUT2D eigenvalue weighted by Gasteiger charge is -2.06. The molecule has 0 aliphatic carbocycles. The van der Waals surface area contributed by atoms with Gasteiger partial charge in [0.15, 0.2) is 4.96 Å². The number of nitrogens with two attached hydrogens (primary N) is 1. The minimum atomic E-state index is -0.673. The molecule has 1 aromatic carbocycles. The zero-order chi connectivity index (χ0) is 16.6. The number of carbonyl (C=O) groups is 1. The lowest BCUT2D eigenvalue weighted by molar-refractivity contribution is 0.0994. The fraction of sp³-hybridized carbons (Fsp3) is 0.133. The van der Waals surface area contributed by atoms with Crippen molar-refractivity contribution in [3.63, 3.8) is 0 Å². The molecule has 0 radical (unpaired) electrons. The van der Waals surface area contributed by atoms with Gasteiger partial charge in [-0.2, -0.15) is 0 Å². The van der Waals surface area contributed by atoms with Crippen molar-refractivity contribution in [3.05, 3.63) is 62.8 Å². The van der Waals surface area contributed by atoms with E-state index in [4.69, 9.17) is 10.5 Å². The molecule has 6 nitrogen and oxygen atoms in total. The third-order valence-electron chi connectivity index (χ3n) is 3.18. The molecule has 118 valence electrons. The first kappa shape index (κ1) is 15.2. The number of rotatable bonds is 4. The van der Waals surface area contributed by atoms with Gasteiger partial charge in [-0.05, 0) is 31.2 Å². The van der Waals surface area contributed by atoms with Gasteiger partial charge in [-0.25, -0.2) is 13.8 Å². The van der Waals surface area contributed by atoms with Gasteiger partial charge >= 0.3 is 0 Å². The van der Waals surface area contributed by atoms with Gasteiger partial charge in [0.25, 0.3) is 11.5 Å². The van der Waals surface area contributed by atoms with Crippen molar-refractivity contribution in [2.45, 2.75) is 13.5 Å². The summed E-state index contributed by atoms with van der Waals surface area (Å²) < 4.78 is 19.5. The van der Waals surface area contributed by atoms with Gasteiger partial charge in [-0.3, -0.25) is 9.59 Å². The summed E-state index contributed by atoms with van der Waals surface area (Å²) in [5, 5.41) is 0. The maximum absolute atomic E-state index is 12.8. The van der Waals surface area contributed by atoms with Gasteiger partial charge in [0.05, 0.1) is 5.69 Å². The fourth-order valence-corrected chi connectivity index (χ4v) is 3.17. The predicted molar refractivity (Wildman–Crippen MR) is 83.3 cm³/mol. The maximum atomic E-state index is 12.8. The Kier molecular flexibility index (Phi) is 3.83. The Morgan fingerprint density at radius 1 is 1.39 bits per heavy atom. The fourth-order valence-electron chi connectivity index (χ4n) is 2.17. The van der Waals surface area contributed by atoms with E-state index in [0.717, 1.165) is 0 Å². The second-order valence-corrected chi connectivity index (χ2v) is 6.00. The lowest BCUT2D eigenvalue weighted by Crippen LogP contribution is -2.23. The van der Waals surface area contributed by atoms with Crippen LogP contribution in [0.15, 0.2) is 35.1 Å². The summed E-state index contributed by atoms with van der Waals surface area (Å²) in [6, 6.07) is 6.82. The molecule has 0 bridgehead atoms. The van der Waals surface area contributed by atoms with E-state index in [1.54, 1.807) is 6.92 Å². The van der Waals surface area contributed by atoms with Crippen LogP contribution in [0.1, 0.15) is 21.1 Å². The predicted octanol–water partition coefficient (Wildman–Crippen LogP) is 1.88. The average molecular weight is 333 g/mol. The number of carbonyl (C=O) groups excluding carboxylic acids is 1. The van der Waals surface area contributed by atoms with Crippen molar-refractivity contribution in [2.24, 2.45) is 5.73 Å². The maximum Gasteiger partial charge on any atom is 0.266 e. The summed E-state index contributed by atoms with van der Waals surface area (Å²) in [7, 11) is 0. The van der Waals surface area contributed by atoms with Gasteiger partial charge < -0.3 is 10.5 Å². The molecule has 8 heteroatoms. The number of aromatic nitrogens is 2. The molecule has 2 heterocycles. The summed E-state index contributed by atoms with van der Waals surface area (Å²) in [5.41, 5.74) is 5.47. The number of fused-ring (bicyclic) bond motifs is 1.